The van der Waals surface area contributed by atoms with Crippen LogP contribution < -0.4 is 0 Å². The van der Waals surface area contributed by atoms with E-state index in [1.54, 1.807) is 0 Å². The first-order valence-electron chi connectivity index (χ1n) is 6.80. The first kappa shape index (κ1) is 12.0. The summed E-state index contributed by atoms with van der Waals surface area (Å²) in [5, 5.41) is 10.8. The molecule has 1 aromatic heterocycles. The summed E-state index contributed by atoms with van der Waals surface area (Å²) < 4.78 is 11.3. The van der Waals surface area contributed by atoms with Crippen LogP contribution in [0.1, 0.15) is 17.2 Å². The predicted octanol–water partition coefficient (Wildman–Crippen LogP) is 3.66. The van der Waals surface area contributed by atoms with Crippen molar-refractivity contribution in [2.45, 2.75) is 6.10 Å². The predicted molar refractivity (Wildman–Crippen MR) is 79.6 cm³/mol. The van der Waals surface area contributed by atoms with Gasteiger partial charge in [-0.25, -0.2) is 4.99 Å². The zero-order valence-electron chi connectivity index (χ0n) is 11.2. The maximum absolute atomic E-state index is 10.0. The molecule has 0 saturated carbocycles. The van der Waals surface area contributed by atoms with Crippen LogP contribution in [0.3, 0.4) is 0 Å². The van der Waals surface area contributed by atoms with Gasteiger partial charge in [-0.2, -0.15) is 0 Å². The fourth-order valence-electron chi connectivity index (χ4n) is 2.59. The van der Waals surface area contributed by atoms with Crippen molar-refractivity contribution < 1.29 is 14.3 Å². The van der Waals surface area contributed by atoms with Gasteiger partial charge in [-0.15, -0.1) is 0 Å². The van der Waals surface area contributed by atoms with E-state index in [-0.39, 0.29) is 12.1 Å². The van der Waals surface area contributed by atoms with E-state index >= 15 is 0 Å². The lowest BCUT2D eigenvalue weighted by atomic mass is 10.1. The van der Waals surface area contributed by atoms with E-state index in [1.165, 1.54) is 0 Å². The molecule has 0 saturated heterocycles. The molecule has 1 atom stereocenters. The Kier molecular flexibility index (Phi) is 2.67. The topological polar surface area (TPSA) is 55.0 Å². The summed E-state index contributed by atoms with van der Waals surface area (Å²) >= 11 is 0. The van der Waals surface area contributed by atoms with Gasteiger partial charge in [-0.1, -0.05) is 48.5 Å². The molecule has 0 unspecified atom stereocenters. The van der Waals surface area contributed by atoms with Crippen LogP contribution in [-0.4, -0.2) is 17.5 Å². The smallest absolute Gasteiger partial charge is 0.296 e. The van der Waals surface area contributed by atoms with Gasteiger partial charge in [-0.05, 0) is 11.6 Å². The lowest BCUT2D eigenvalue weighted by Crippen LogP contribution is -2.05. The highest BCUT2D eigenvalue weighted by atomic mass is 16.5. The molecule has 0 aliphatic carbocycles. The van der Waals surface area contributed by atoms with Gasteiger partial charge < -0.3 is 14.3 Å². The zero-order valence-corrected chi connectivity index (χ0v) is 11.2. The highest BCUT2D eigenvalue weighted by molar-refractivity contribution is 6.08. The normalized spacial score (nSPS) is 17.7. The van der Waals surface area contributed by atoms with Crippen molar-refractivity contribution in [2.24, 2.45) is 4.99 Å². The van der Waals surface area contributed by atoms with Crippen molar-refractivity contribution in [3.05, 3.63) is 65.7 Å². The molecule has 21 heavy (non-hydrogen) atoms. The lowest BCUT2D eigenvalue weighted by Gasteiger charge is -2.10. The largest absolute Gasteiger partial charge is 0.480 e. The number of hydrogen-bond donors (Lipinski definition) is 1. The quantitative estimate of drug-likeness (QED) is 0.779. The summed E-state index contributed by atoms with van der Waals surface area (Å²) in [6.45, 7) is 0.540. The standard InChI is InChI=1S/C17H13NO3/c19-17-15(12-8-4-5-9-13(12)21-17)16-18-10-14(20-16)11-6-2-1-3-7-11/h1-9,14,19H,10H2/t14-/m0/s1. The third-order valence-electron chi connectivity index (χ3n) is 3.62. The van der Waals surface area contributed by atoms with Crippen LogP contribution in [-0.2, 0) is 4.74 Å². The number of hydrogen-bond acceptors (Lipinski definition) is 4. The maximum Gasteiger partial charge on any atom is 0.296 e. The molecule has 0 amide bonds. The number of aromatic hydroxyl groups is 1. The average Bonchev–Trinajstić information content (AvgIpc) is 3.11. The second-order valence-corrected chi connectivity index (χ2v) is 4.94. The van der Waals surface area contributed by atoms with Crippen molar-refractivity contribution in [1.82, 2.24) is 0 Å². The van der Waals surface area contributed by atoms with Crippen LogP contribution in [0.15, 0.2) is 64.0 Å². The van der Waals surface area contributed by atoms with Crippen LogP contribution in [0.5, 0.6) is 5.95 Å². The van der Waals surface area contributed by atoms with E-state index in [4.69, 9.17) is 9.15 Å². The van der Waals surface area contributed by atoms with Gasteiger partial charge >= 0.3 is 0 Å². The third-order valence-corrected chi connectivity index (χ3v) is 3.62. The molecule has 4 heteroatoms. The molecule has 1 aliphatic rings. The molecule has 1 aliphatic heterocycles. The van der Waals surface area contributed by atoms with Gasteiger partial charge in [0.05, 0.1) is 6.54 Å². The Bertz CT molecular complexity index is 820. The lowest BCUT2D eigenvalue weighted by molar-refractivity contribution is 0.229. The molecular weight excluding hydrogens is 266 g/mol. The monoisotopic (exact) mass is 279 g/mol. The Morgan fingerprint density at radius 3 is 2.62 bits per heavy atom. The molecule has 3 aromatic rings. The summed E-state index contributed by atoms with van der Waals surface area (Å²) in [7, 11) is 0. The molecule has 2 aromatic carbocycles. The van der Waals surface area contributed by atoms with E-state index in [0.29, 0.717) is 23.6 Å². The molecule has 4 nitrogen and oxygen atoms in total. The number of fused-ring (bicyclic) bond motifs is 1. The van der Waals surface area contributed by atoms with Crippen molar-refractivity contribution in [3.63, 3.8) is 0 Å². The van der Waals surface area contributed by atoms with Crippen LogP contribution in [0.4, 0.5) is 0 Å². The molecule has 0 spiro atoms. The van der Waals surface area contributed by atoms with Gasteiger partial charge in [0.2, 0.25) is 5.90 Å². The number of furan rings is 1. The summed E-state index contributed by atoms with van der Waals surface area (Å²) in [5.74, 6) is 0.287. The van der Waals surface area contributed by atoms with Gasteiger partial charge in [0.15, 0.2) is 0 Å². The average molecular weight is 279 g/mol. The molecule has 1 N–H and O–H groups in total. The Labute approximate surface area is 121 Å². The van der Waals surface area contributed by atoms with Crippen molar-refractivity contribution in [3.8, 4) is 5.95 Å². The Hall–Kier alpha value is -2.75. The van der Waals surface area contributed by atoms with E-state index in [0.717, 1.165) is 10.9 Å². The van der Waals surface area contributed by atoms with Gasteiger partial charge in [0.1, 0.15) is 17.3 Å². The van der Waals surface area contributed by atoms with Crippen molar-refractivity contribution in [1.29, 1.82) is 0 Å². The minimum Gasteiger partial charge on any atom is -0.480 e. The summed E-state index contributed by atoms with van der Waals surface area (Å²) in [6, 6.07) is 17.4. The Morgan fingerprint density at radius 1 is 1.00 bits per heavy atom. The molecule has 4 rings (SSSR count). The highest BCUT2D eigenvalue weighted by Gasteiger charge is 2.28. The summed E-state index contributed by atoms with van der Waals surface area (Å²) in [5.41, 5.74) is 2.23. The van der Waals surface area contributed by atoms with Gasteiger partial charge in [0.25, 0.3) is 5.95 Å². The van der Waals surface area contributed by atoms with Crippen LogP contribution in [0, 0.1) is 0 Å². The van der Waals surface area contributed by atoms with Gasteiger partial charge in [-0.3, -0.25) is 0 Å². The SMILES string of the molecule is Oc1oc2ccccc2c1C1=NC[C@@H](c2ccccc2)O1. The van der Waals surface area contributed by atoms with E-state index in [2.05, 4.69) is 4.99 Å². The highest BCUT2D eigenvalue weighted by Crippen LogP contribution is 2.35. The van der Waals surface area contributed by atoms with Gasteiger partial charge in [0, 0.05) is 5.39 Å². The summed E-state index contributed by atoms with van der Waals surface area (Å²) in [4.78, 5) is 4.42. The first-order valence-corrected chi connectivity index (χ1v) is 6.80. The fourth-order valence-corrected chi connectivity index (χ4v) is 2.59. The van der Waals surface area contributed by atoms with E-state index in [1.807, 2.05) is 54.6 Å². The molecule has 2 heterocycles. The molecule has 104 valence electrons. The number of rotatable bonds is 2. The van der Waals surface area contributed by atoms with Crippen molar-refractivity contribution >= 4 is 16.9 Å². The summed E-state index contributed by atoms with van der Waals surface area (Å²) in [6.07, 6.45) is -0.116. The maximum atomic E-state index is 10.0. The van der Waals surface area contributed by atoms with Crippen molar-refractivity contribution in [2.75, 3.05) is 6.54 Å². The molecule has 0 radical (unpaired) electrons. The fraction of sp³-hybridized carbons (Fsp3) is 0.118. The molecule has 0 fully saturated rings. The molecular formula is C17H13NO3. The minimum absolute atomic E-state index is 0.116. The van der Waals surface area contributed by atoms with E-state index < -0.39 is 0 Å². The first-order chi connectivity index (χ1) is 10.3. The number of ether oxygens (including phenoxy) is 1. The van der Waals surface area contributed by atoms with Crippen LogP contribution >= 0.6 is 0 Å². The van der Waals surface area contributed by atoms with Crippen LogP contribution in [0.2, 0.25) is 0 Å². The second kappa shape index (κ2) is 4.66. The Balaban J connectivity index is 1.70. The number of para-hydroxylation sites is 1. The Morgan fingerprint density at radius 2 is 1.76 bits per heavy atom. The second-order valence-electron chi connectivity index (χ2n) is 4.94. The zero-order chi connectivity index (χ0) is 14.2. The van der Waals surface area contributed by atoms with E-state index in [9.17, 15) is 5.11 Å². The third kappa shape index (κ3) is 1.96. The number of aliphatic imine (C=N–C) groups is 1. The minimum atomic E-state index is -0.149. The molecule has 0 bridgehead atoms. The van der Waals surface area contributed by atoms with Crippen LogP contribution in [0.25, 0.3) is 11.0 Å². The number of benzene rings is 2. The number of nitrogens with zero attached hydrogens (tertiary/aromatic N) is 1.